The fourth-order valence-corrected chi connectivity index (χ4v) is 2.57. The smallest absolute Gasteiger partial charge is 0.242 e. The Bertz CT molecular complexity index is 941. The second-order valence-electron chi connectivity index (χ2n) is 6.20. The number of aromatic hydroxyl groups is 1. The molecule has 26 heavy (non-hydrogen) atoms. The highest BCUT2D eigenvalue weighted by molar-refractivity contribution is 5.72. The summed E-state index contributed by atoms with van der Waals surface area (Å²) >= 11 is 0. The average molecular weight is 350 g/mol. The molecule has 3 aromatic rings. The first kappa shape index (κ1) is 16.2. The topological polar surface area (TPSA) is 106 Å². The molecule has 1 fully saturated rings. The predicted molar refractivity (Wildman–Crippen MR) is 95.9 cm³/mol. The highest BCUT2D eigenvalue weighted by Gasteiger charge is 2.22. The predicted octanol–water partition coefficient (Wildman–Crippen LogP) is 2.59. The summed E-state index contributed by atoms with van der Waals surface area (Å²) in [5, 5.41) is 30.1. The summed E-state index contributed by atoms with van der Waals surface area (Å²) in [6, 6.07) is 7.47. The monoisotopic (exact) mass is 350 g/mol. The van der Waals surface area contributed by atoms with E-state index in [1.165, 1.54) is 0 Å². The molecule has 1 aliphatic rings. The van der Waals surface area contributed by atoms with Gasteiger partial charge in [0.25, 0.3) is 0 Å². The number of phenolic OH excluding ortho intramolecular Hbond substituents is 1. The lowest BCUT2D eigenvalue weighted by atomic mass is 10.1. The molecule has 8 nitrogen and oxygen atoms in total. The first-order valence-corrected chi connectivity index (χ1v) is 8.32. The molecular weight excluding hydrogens is 332 g/mol. The number of rotatable bonds is 5. The van der Waals surface area contributed by atoms with E-state index in [1.54, 1.807) is 31.5 Å². The Morgan fingerprint density at radius 1 is 1.08 bits per heavy atom. The fraction of sp³-hybridized carbons (Fsp3) is 0.278. The number of nitrogens with one attached hydrogen (secondary N) is 1. The van der Waals surface area contributed by atoms with Crippen LogP contribution in [-0.2, 0) is 0 Å². The van der Waals surface area contributed by atoms with Gasteiger partial charge in [0.2, 0.25) is 5.95 Å². The number of anilines is 1. The Balaban J connectivity index is 1.61. The molecule has 132 valence electrons. The van der Waals surface area contributed by atoms with E-state index in [-0.39, 0.29) is 5.75 Å². The van der Waals surface area contributed by atoms with Crippen molar-refractivity contribution < 1.29 is 9.84 Å². The van der Waals surface area contributed by atoms with Gasteiger partial charge < -0.3 is 15.2 Å². The highest BCUT2D eigenvalue weighted by Crippen LogP contribution is 2.32. The Hall–Kier alpha value is -3.29. The van der Waals surface area contributed by atoms with Crippen LogP contribution >= 0.6 is 0 Å². The zero-order valence-electron chi connectivity index (χ0n) is 14.5. The van der Waals surface area contributed by atoms with Crippen molar-refractivity contribution in [2.75, 3.05) is 12.4 Å². The zero-order valence-corrected chi connectivity index (χ0v) is 14.5. The van der Waals surface area contributed by atoms with E-state index in [0.29, 0.717) is 40.4 Å². The molecule has 0 aliphatic heterocycles. The minimum Gasteiger partial charge on any atom is -0.507 e. The Morgan fingerprint density at radius 2 is 1.88 bits per heavy atom. The lowest BCUT2D eigenvalue weighted by Crippen LogP contribution is -2.06. The van der Waals surface area contributed by atoms with Crippen molar-refractivity contribution in [1.29, 1.82) is 0 Å². The number of methoxy groups -OCH3 is 1. The number of hydrogen-bond acceptors (Lipinski definition) is 8. The maximum absolute atomic E-state index is 10.4. The summed E-state index contributed by atoms with van der Waals surface area (Å²) < 4.78 is 5.28. The van der Waals surface area contributed by atoms with Gasteiger partial charge in [-0.2, -0.15) is 5.10 Å². The van der Waals surface area contributed by atoms with Crippen molar-refractivity contribution in [3.63, 3.8) is 0 Å². The van der Waals surface area contributed by atoms with Gasteiger partial charge in [0, 0.05) is 23.2 Å². The maximum atomic E-state index is 10.4. The zero-order chi connectivity index (χ0) is 18.1. The largest absolute Gasteiger partial charge is 0.507 e. The molecule has 2 N–H and O–H groups in total. The Morgan fingerprint density at radius 3 is 2.54 bits per heavy atom. The van der Waals surface area contributed by atoms with Crippen molar-refractivity contribution in [2.45, 2.75) is 25.8 Å². The summed E-state index contributed by atoms with van der Waals surface area (Å²) in [5.74, 6) is 1.23. The quantitative estimate of drug-likeness (QED) is 0.723. The minimum absolute atomic E-state index is 0.0721. The molecule has 0 bridgehead atoms. The third kappa shape index (κ3) is 3.26. The Labute approximate surface area is 150 Å². The highest BCUT2D eigenvalue weighted by atomic mass is 16.5. The van der Waals surface area contributed by atoms with Crippen LogP contribution in [0.5, 0.6) is 11.5 Å². The molecule has 0 spiro atoms. The van der Waals surface area contributed by atoms with E-state index in [1.807, 2.05) is 13.0 Å². The molecular formula is C18H18N6O2. The average Bonchev–Trinajstić information content (AvgIpc) is 3.47. The van der Waals surface area contributed by atoms with Crippen LogP contribution in [0.15, 0.2) is 30.5 Å². The lowest BCUT2D eigenvalue weighted by molar-refractivity contribution is 0.408. The van der Waals surface area contributed by atoms with Crippen LogP contribution < -0.4 is 10.1 Å². The first-order chi connectivity index (χ1) is 12.6. The third-order valence-corrected chi connectivity index (χ3v) is 4.19. The molecule has 8 heteroatoms. The molecule has 2 heterocycles. The van der Waals surface area contributed by atoms with E-state index < -0.39 is 0 Å². The van der Waals surface area contributed by atoms with Crippen LogP contribution in [0.1, 0.15) is 18.5 Å². The maximum Gasteiger partial charge on any atom is 0.242 e. The molecule has 0 atom stereocenters. The molecule has 4 rings (SSSR count). The SMILES string of the molecule is COc1cc(-c2ccc(-c3cnc(NC4CC4)nn3)c(O)c2)nnc1C. The van der Waals surface area contributed by atoms with Crippen LogP contribution in [0.3, 0.4) is 0 Å². The number of hydrogen-bond donors (Lipinski definition) is 2. The van der Waals surface area contributed by atoms with Crippen LogP contribution in [0.2, 0.25) is 0 Å². The number of nitrogens with zero attached hydrogens (tertiary/aromatic N) is 5. The first-order valence-electron chi connectivity index (χ1n) is 8.32. The molecule has 2 aromatic heterocycles. The van der Waals surface area contributed by atoms with E-state index in [4.69, 9.17) is 4.74 Å². The van der Waals surface area contributed by atoms with Crippen LogP contribution in [0.25, 0.3) is 22.5 Å². The van der Waals surface area contributed by atoms with Gasteiger partial charge in [-0.15, -0.1) is 15.3 Å². The van der Waals surface area contributed by atoms with E-state index in [0.717, 1.165) is 18.4 Å². The molecule has 0 radical (unpaired) electrons. The molecule has 0 saturated heterocycles. The molecule has 1 aliphatic carbocycles. The van der Waals surface area contributed by atoms with E-state index >= 15 is 0 Å². The summed E-state index contributed by atoms with van der Waals surface area (Å²) in [4.78, 5) is 4.25. The molecule has 1 saturated carbocycles. The fourth-order valence-electron chi connectivity index (χ4n) is 2.57. The van der Waals surface area contributed by atoms with Crippen molar-refractivity contribution in [1.82, 2.24) is 25.4 Å². The number of benzene rings is 1. The van der Waals surface area contributed by atoms with Crippen molar-refractivity contribution in [3.05, 3.63) is 36.2 Å². The number of ether oxygens (including phenoxy) is 1. The summed E-state index contributed by atoms with van der Waals surface area (Å²) in [7, 11) is 1.59. The van der Waals surface area contributed by atoms with Crippen LogP contribution in [0, 0.1) is 6.92 Å². The van der Waals surface area contributed by atoms with Crippen LogP contribution in [-0.4, -0.2) is 43.6 Å². The molecule has 0 amide bonds. The van der Waals surface area contributed by atoms with Gasteiger partial charge in [0.05, 0.1) is 19.0 Å². The van der Waals surface area contributed by atoms with Crippen molar-refractivity contribution >= 4 is 5.95 Å². The molecule has 1 aromatic carbocycles. The van der Waals surface area contributed by atoms with Crippen LogP contribution in [0.4, 0.5) is 5.95 Å². The van der Waals surface area contributed by atoms with E-state index in [2.05, 4.69) is 30.7 Å². The van der Waals surface area contributed by atoms with Gasteiger partial charge >= 0.3 is 0 Å². The minimum atomic E-state index is 0.0721. The van der Waals surface area contributed by atoms with Gasteiger partial charge in [-0.3, -0.25) is 0 Å². The molecule has 0 unspecified atom stereocenters. The van der Waals surface area contributed by atoms with Crippen molar-refractivity contribution in [2.24, 2.45) is 0 Å². The second-order valence-corrected chi connectivity index (χ2v) is 6.20. The number of aryl methyl sites for hydroxylation is 1. The summed E-state index contributed by atoms with van der Waals surface area (Å²) in [6.45, 7) is 1.82. The second kappa shape index (κ2) is 6.55. The Kier molecular flexibility index (Phi) is 4.08. The van der Waals surface area contributed by atoms with Gasteiger partial charge in [-0.05, 0) is 31.9 Å². The number of aromatic nitrogens is 5. The van der Waals surface area contributed by atoms with Crippen molar-refractivity contribution in [3.8, 4) is 34.0 Å². The lowest BCUT2D eigenvalue weighted by Gasteiger charge is -2.08. The van der Waals surface area contributed by atoms with Gasteiger partial charge in [0.1, 0.15) is 22.9 Å². The van der Waals surface area contributed by atoms with Gasteiger partial charge in [-0.25, -0.2) is 4.98 Å². The summed E-state index contributed by atoms with van der Waals surface area (Å²) in [5.41, 5.74) is 3.10. The standard InChI is InChI=1S/C18H18N6O2/c1-10-17(26-2)8-14(22-21-10)11-3-6-13(16(25)7-11)15-9-19-18(24-23-15)20-12-4-5-12/h3,6-9,12,25H,4-5H2,1-2H3,(H,19,20,24). The van der Waals surface area contributed by atoms with E-state index in [9.17, 15) is 5.11 Å². The normalized spacial score (nSPS) is 13.5. The number of phenols is 1. The third-order valence-electron chi connectivity index (χ3n) is 4.19. The summed E-state index contributed by atoms with van der Waals surface area (Å²) in [6.07, 6.45) is 3.88. The van der Waals surface area contributed by atoms with Gasteiger partial charge in [-0.1, -0.05) is 6.07 Å². The van der Waals surface area contributed by atoms with Gasteiger partial charge in [0.15, 0.2) is 0 Å².